The average molecular weight is 411 g/mol. The average Bonchev–Trinajstić information content (AvgIpc) is 2.78. The molecule has 0 aromatic heterocycles. The second-order valence-electron chi connectivity index (χ2n) is 7.84. The Balaban J connectivity index is 1.42. The van der Waals surface area contributed by atoms with Gasteiger partial charge in [-0.2, -0.15) is 0 Å². The van der Waals surface area contributed by atoms with Crippen LogP contribution in [-0.4, -0.2) is 58.9 Å². The van der Waals surface area contributed by atoms with Gasteiger partial charge in [-0.15, -0.1) is 0 Å². The van der Waals surface area contributed by atoms with Crippen molar-refractivity contribution in [3.63, 3.8) is 0 Å². The van der Waals surface area contributed by atoms with E-state index in [1.54, 1.807) is 0 Å². The van der Waals surface area contributed by atoms with Crippen LogP contribution in [0, 0.1) is 0 Å². The van der Waals surface area contributed by atoms with E-state index in [-0.39, 0.29) is 0 Å². The number of nitrogens with one attached hydrogen (secondary N) is 6. The van der Waals surface area contributed by atoms with Crippen molar-refractivity contribution in [3.05, 3.63) is 71.0 Å². The molecule has 4 heterocycles. The number of benzene rings is 1. The maximum absolute atomic E-state index is 3.52. The van der Waals surface area contributed by atoms with E-state index >= 15 is 0 Å². The van der Waals surface area contributed by atoms with E-state index in [0.29, 0.717) is 0 Å². The molecule has 164 valence electrons. The fourth-order valence-electron chi connectivity index (χ4n) is 3.45. The SMILES string of the molecule is C1=C/C2=C/NCCNCCNCc3ccc(cc3)CNCCNCCNCC1=CC2. The predicted octanol–water partition coefficient (Wildman–Crippen LogP) is 1.01. The van der Waals surface area contributed by atoms with Crippen LogP contribution in [0.5, 0.6) is 0 Å². The minimum Gasteiger partial charge on any atom is -0.389 e. The number of hydrogen-bond acceptors (Lipinski definition) is 6. The van der Waals surface area contributed by atoms with Crippen molar-refractivity contribution in [3.8, 4) is 0 Å². The van der Waals surface area contributed by atoms with Crippen molar-refractivity contribution in [2.24, 2.45) is 0 Å². The van der Waals surface area contributed by atoms with Gasteiger partial charge in [0, 0.05) is 78.2 Å². The summed E-state index contributed by atoms with van der Waals surface area (Å²) in [6.45, 7) is 10.6. The first-order valence-corrected chi connectivity index (χ1v) is 11.3. The van der Waals surface area contributed by atoms with Crippen LogP contribution in [-0.2, 0) is 13.1 Å². The molecular weight excluding hydrogens is 372 g/mol. The summed E-state index contributed by atoms with van der Waals surface area (Å²) < 4.78 is 0. The molecule has 5 aliphatic rings. The molecule has 0 atom stereocenters. The van der Waals surface area contributed by atoms with Crippen LogP contribution in [0.2, 0.25) is 0 Å². The Bertz CT molecular complexity index is 692. The highest BCUT2D eigenvalue weighted by Gasteiger charge is 2.01. The molecule has 4 bridgehead atoms. The molecule has 4 aliphatic heterocycles. The lowest BCUT2D eigenvalue weighted by atomic mass is 10.0. The summed E-state index contributed by atoms with van der Waals surface area (Å²) in [5.41, 5.74) is 5.37. The topological polar surface area (TPSA) is 72.2 Å². The summed E-state index contributed by atoms with van der Waals surface area (Å²) >= 11 is 0. The maximum Gasteiger partial charge on any atom is 0.0266 e. The normalized spacial score (nSPS) is 22.7. The first kappa shape index (κ1) is 22.7. The van der Waals surface area contributed by atoms with E-state index in [4.69, 9.17) is 0 Å². The molecule has 1 aliphatic carbocycles. The molecule has 1 aromatic carbocycles. The van der Waals surface area contributed by atoms with E-state index in [1.165, 1.54) is 22.3 Å². The Kier molecular flexibility index (Phi) is 10.7. The van der Waals surface area contributed by atoms with Crippen LogP contribution >= 0.6 is 0 Å². The van der Waals surface area contributed by atoms with Gasteiger partial charge in [-0.05, 0) is 28.7 Å². The molecule has 30 heavy (non-hydrogen) atoms. The van der Waals surface area contributed by atoms with Crippen molar-refractivity contribution in [2.75, 3.05) is 58.9 Å². The Hall–Kier alpha value is -1.96. The fraction of sp³-hybridized carbons (Fsp3) is 0.500. The zero-order chi connectivity index (χ0) is 20.7. The maximum atomic E-state index is 3.52. The standard InChI is InChI=1S/C24H38N6/c1-2-22-4-3-21(1)17-27-13-9-25-11-15-29-19-23-5-7-24(8-6-23)20-30-16-12-26-10-14-28-18-22/h1-7,20,25-30H,8-19H2/b24-20-. The van der Waals surface area contributed by atoms with Gasteiger partial charge in [0.05, 0.1) is 0 Å². The van der Waals surface area contributed by atoms with E-state index < -0.39 is 0 Å². The van der Waals surface area contributed by atoms with Crippen LogP contribution in [0.25, 0.3) is 0 Å². The van der Waals surface area contributed by atoms with Crippen LogP contribution in [0.4, 0.5) is 0 Å². The van der Waals surface area contributed by atoms with Gasteiger partial charge in [-0.25, -0.2) is 0 Å². The molecule has 6 heteroatoms. The third-order valence-corrected chi connectivity index (χ3v) is 5.29. The molecule has 6 nitrogen and oxygen atoms in total. The van der Waals surface area contributed by atoms with Gasteiger partial charge in [-0.3, -0.25) is 0 Å². The van der Waals surface area contributed by atoms with Gasteiger partial charge in [0.25, 0.3) is 0 Å². The van der Waals surface area contributed by atoms with Crippen molar-refractivity contribution in [1.29, 1.82) is 0 Å². The van der Waals surface area contributed by atoms with Gasteiger partial charge in [0.1, 0.15) is 0 Å². The van der Waals surface area contributed by atoms with Gasteiger partial charge < -0.3 is 31.9 Å². The third kappa shape index (κ3) is 9.24. The molecule has 0 amide bonds. The lowest BCUT2D eigenvalue weighted by Crippen LogP contribution is -2.33. The molecular formula is C24H38N6. The molecule has 0 fully saturated rings. The summed E-state index contributed by atoms with van der Waals surface area (Å²) in [6, 6.07) is 8.89. The van der Waals surface area contributed by atoms with Crippen LogP contribution in [0.1, 0.15) is 17.5 Å². The van der Waals surface area contributed by atoms with Gasteiger partial charge >= 0.3 is 0 Å². The summed E-state index contributed by atoms with van der Waals surface area (Å²) in [6.07, 6.45) is 9.91. The van der Waals surface area contributed by atoms with E-state index in [9.17, 15) is 0 Å². The minimum absolute atomic E-state index is 0.916. The lowest BCUT2D eigenvalue weighted by Gasteiger charge is -2.12. The molecule has 6 N–H and O–H groups in total. The molecule has 6 rings (SSSR count). The molecule has 0 spiro atoms. The van der Waals surface area contributed by atoms with Gasteiger partial charge in [0.2, 0.25) is 0 Å². The second-order valence-corrected chi connectivity index (χ2v) is 7.84. The van der Waals surface area contributed by atoms with Crippen molar-refractivity contribution in [2.45, 2.75) is 19.5 Å². The zero-order valence-electron chi connectivity index (χ0n) is 18.1. The number of hydrogen-bond donors (Lipinski definition) is 6. The molecule has 0 saturated carbocycles. The van der Waals surface area contributed by atoms with E-state index in [0.717, 1.165) is 78.4 Å². The largest absolute Gasteiger partial charge is 0.389 e. The van der Waals surface area contributed by atoms with Crippen molar-refractivity contribution < 1.29 is 0 Å². The second kappa shape index (κ2) is 14.1. The Morgan fingerprint density at radius 1 is 0.500 bits per heavy atom. The quantitative estimate of drug-likeness (QED) is 0.384. The monoisotopic (exact) mass is 410 g/mol. The predicted molar refractivity (Wildman–Crippen MR) is 126 cm³/mol. The highest BCUT2D eigenvalue weighted by molar-refractivity contribution is 5.35. The Morgan fingerprint density at radius 2 is 1.00 bits per heavy atom. The Morgan fingerprint density at radius 3 is 1.57 bits per heavy atom. The third-order valence-electron chi connectivity index (χ3n) is 5.29. The van der Waals surface area contributed by atoms with Crippen LogP contribution < -0.4 is 31.9 Å². The van der Waals surface area contributed by atoms with Crippen LogP contribution in [0.15, 0.2) is 59.8 Å². The summed E-state index contributed by atoms with van der Waals surface area (Å²) in [5.74, 6) is 0. The number of rotatable bonds is 0. The zero-order valence-corrected chi connectivity index (χ0v) is 18.1. The first-order valence-electron chi connectivity index (χ1n) is 11.3. The summed E-state index contributed by atoms with van der Waals surface area (Å²) in [5, 5.41) is 20.9. The highest BCUT2D eigenvalue weighted by atomic mass is 15.0. The van der Waals surface area contributed by atoms with Crippen molar-refractivity contribution in [1.82, 2.24) is 31.9 Å². The first-order chi connectivity index (χ1) is 14.9. The Labute approximate surface area is 181 Å². The van der Waals surface area contributed by atoms with Gasteiger partial charge in [0.15, 0.2) is 0 Å². The van der Waals surface area contributed by atoms with Crippen LogP contribution in [0.3, 0.4) is 0 Å². The lowest BCUT2D eigenvalue weighted by molar-refractivity contribution is 0.590. The fourth-order valence-corrected chi connectivity index (χ4v) is 3.45. The minimum atomic E-state index is 0.916. The molecule has 0 unspecified atom stereocenters. The molecule has 1 aromatic rings. The summed E-state index contributed by atoms with van der Waals surface area (Å²) in [7, 11) is 0. The van der Waals surface area contributed by atoms with Gasteiger partial charge in [-0.1, -0.05) is 42.5 Å². The number of allylic oxidation sites excluding steroid dienone is 3. The highest BCUT2D eigenvalue weighted by Crippen LogP contribution is 2.14. The molecule has 0 radical (unpaired) electrons. The smallest absolute Gasteiger partial charge is 0.0266 e. The van der Waals surface area contributed by atoms with E-state index in [2.05, 4.69) is 80.6 Å². The molecule has 0 saturated heterocycles. The summed E-state index contributed by atoms with van der Waals surface area (Å²) in [4.78, 5) is 0. The van der Waals surface area contributed by atoms with E-state index in [1.807, 2.05) is 0 Å². The van der Waals surface area contributed by atoms with Crippen molar-refractivity contribution >= 4 is 0 Å².